The third-order valence-electron chi connectivity index (χ3n) is 4.55. The number of hydrogen-bond donors (Lipinski definition) is 1. The molecule has 3 rings (SSSR count). The number of morpholine rings is 1. The monoisotopic (exact) mass is 386 g/mol. The zero-order chi connectivity index (χ0) is 19.1. The molecule has 1 aliphatic heterocycles. The lowest BCUT2D eigenvalue weighted by Gasteiger charge is -2.28. The van der Waals surface area contributed by atoms with E-state index < -0.39 is 0 Å². The second-order valence-corrected chi connectivity index (χ2v) is 6.91. The molecular formula is C21H23ClN2O3. The number of carbonyl (C=O) groups is 2. The van der Waals surface area contributed by atoms with Crippen LogP contribution in [0, 0.1) is 0 Å². The molecule has 142 valence electrons. The molecule has 2 aromatic rings. The summed E-state index contributed by atoms with van der Waals surface area (Å²) in [5.41, 5.74) is 2.78. The first kappa shape index (κ1) is 19.4. The van der Waals surface area contributed by atoms with Gasteiger partial charge in [-0.05, 0) is 42.0 Å². The fourth-order valence-corrected chi connectivity index (χ4v) is 3.07. The van der Waals surface area contributed by atoms with Crippen molar-refractivity contribution in [1.29, 1.82) is 0 Å². The van der Waals surface area contributed by atoms with Crippen molar-refractivity contribution >= 4 is 29.0 Å². The van der Waals surface area contributed by atoms with Gasteiger partial charge < -0.3 is 15.0 Å². The van der Waals surface area contributed by atoms with E-state index in [0.29, 0.717) is 17.1 Å². The highest BCUT2D eigenvalue weighted by atomic mass is 35.5. The van der Waals surface area contributed by atoms with E-state index in [4.69, 9.17) is 16.3 Å². The van der Waals surface area contributed by atoms with Gasteiger partial charge in [-0.15, -0.1) is 0 Å². The first-order valence-corrected chi connectivity index (χ1v) is 9.47. The van der Waals surface area contributed by atoms with Crippen molar-refractivity contribution in [2.45, 2.75) is 19.4 Å². The third kappa shape index (κ3) is 5.81. The van der Waals surface area contributed by atoms with Gasteiger partial charge in [0.1, 0.15) is 0 Å². The van der Waals surface area contributed by atoms with Gasteiger partial charge in [0.05, 0.1) is 13.2 Å². The Bertz CT molecular complexity index is 769. The van der Waals surface area contributed by atoms with Crippen LogP contribution in [0.25, 0.3) is 0 Å². The predicted molar refractivity (Wildman–Crippen MR) is 106 cm³/mol. The van der Waals surface area contributed by atoms with Crippen molar-refractivity contribution in [2.24, 2.45) is 0 Å². The summed E-state index contributed by atoms with van der Waals surface area (Å²) in [6.45, 7) is 3.77. The van der Waals surface area contributed by atoms with E-state index in [1.165, 1.54) is 5.69 Å². The smallest absolute Gasteiger partial charge is 0.220 e. The van der Waals surface area contributed by atoms with Crippen molar-refractivity contribution in [3.8, 4) is 0 Å². The highest BCUT2D eigenvalue weighted by Crippen LogP contribution is 2.17. The maximum atomic E-state index is 12.1. The summed E-state index contributed by atoms with van der Waals surface area (Å²) in [4.78, 5) is 26.4. The number of nitrogens with zero attached hydrogens (tertiary/aromatic N) is 1. The molecule has 1 heterocycles. The standard InChI is InChI=1S/C21H23ClN2O3/c22-18-5-3-17(4-6-18)20(25)9-10-21(26)23-15-16-1-7-19(8-2-16)24-11-13-27-14-12-24/h1-8H,9-15H2,(H,23,26). The highest BCUT2D eigenvalue weighted by molar-refractivity contribution is 6.30. The van der Waals surface area contributed by atoms with Gasteiger partial charge in [-0.3, -0.25) is 9.59 Å². The SMILES string of the molecule is O=C(CCC(=O)c1ccc(Cl)cc1)NCc1ccc(N2CCOCC2)cc1. The van der Waals surface area contributed by atoms with E-state index in [2.05, 4.69) is 22.3 Å². The maximum Gasteiger partial charge on any atom is 0.220 e. The molecule has 0 atom stereocenters. The molecule has 6 heteroatoms. The molecule has 0 radical (unpaired) electrons. The lowest BCUT2D eigenvalue weighted by molar-refractivity contribution is -0.121. The van der Waals surface area contributed by atoms with Crippen molar-refractivity contribution in [2.75, 3.05) is 31.2 Å². The molecule has 0 aliphatic carbocycles. The Morgan fingerprint density at radius 3 is 2.30 bits per heavy atom. The van der Waals surface area contributed by atoms with Crippen LogP contribution >= 0.6 is 11.6 Å². The normalized spacial score (nSPS) is 14.0. The number of ether oxygens (including phenoxy) is 1. The third-order valence-corrected chi connectivity index (χ3v) is 4.80. The number of Topliss-reactive ketones (excluding diaryl/α,β-unsaturated/α-hetero) is 1. The fraction of sp³-hybridized carbons (Fsp3) is 0.333. The Morgan fingerprint density at radius 1 is 0.963 bits per heavy atom. The van der Waals surface area contributed by atoms with Crippen LogP contribution in [-0.2, 0) is 16.1 Å². The molecule has 2 aromatic carbocycles. The molecule has 1 saturated heterocycles. The van der Waals surface area contributed by atoms with E-state index in [9.17, 15) is 9.59 Å². The second-order valence-electron chi connectivity index (χ2n) is 6.47. The number of benzene rings is 2. The van der Waals surface area contributed by atoms with Crippen molar-refractivity contribution in [3.63, 3.8) is 0 Å². The summed E-state index contributed by atoms with van der Waals surface area (Å²) in [5, 5.41) is 3.45. The first-order valence-electron chi connectivity index (χ1n) is 9.09. The van der Waals surface area contributed by atoms with E-state index in [0.717, 1.165) is 31.9 Å². The van der Waals surface area contributed by atoms with Crippen LogP contribution < -0.4 is 10.2 Å². The number of halogens is 1. The van der Waals surface area contributed by atoms with Gasteiger partial charge in [0.15, 0.2) is 5.78 Å². The first-order chi connectivity index (χ1) is 13.1. The van der Waals surface area contributed by atoms with E-state index in [1.54, 1.807) is 24.3 Å². The molecule has 0 saturated carbocycles. The molecular weight excluding hydrogens is 364 g/mol. The van der Waals surface area contributed by atoms with Gasteiger partial charge in [0.2, 0.25) is 5.91 Å². The lowest BCUT2D eigenvalue weighted by atomic mass is 10.1. The van der Waals surface area contributed by atoms with E-state index >= 15 is 0 Å². The van der Waals surface area contributed by atoms with Gasteiger partial charge in [-0.1, -0.05) is 23.7 Å². The number of carbonyl (C=O) groups excluding carboxylic acids is 2. The maximum absolute atomic E-state index is 12.1. The van der Waals surface area contributed by atoms with Gasteiger partial charge in [-0.2, -0.15) is 0 Å². The molecule has 0 bridgehead atoms. The Labute approximate surface area is 164 Å². The van der Waals surface area contributed by atoms with Crippen LogP contribution in [0.5, 0.6) is 0 Å². The summed E-state index contributed by atoms with van der Waals surface area (Å²) in [7, 11) is 0. The Kier molecular flexibility index (Phi) is 6.85. The van der Waals surface area contributed by atoms with Gasteiger partial charge >= 0.3 is 0 Å². The number of nitrogens with one attached hydrogen (secondary N) is 1. The van der Waals surface area contributed by atoms with Crippen molar-refractivity contribution in [3.05, 3.63) is 64.7 Å². The van der Waals surface area contributed by atoms with Crippen LogP contribution in [0.3, 0.4) is 0 Å². The quantitative estimate of drug-likeness (QED) is 0.740. The van der Waals surface area contributed by atoms with E-state index in [-0.39, 0.29) is 24.5 Å². The lowest BCUT2D eigenvalue weighted by Crippen LogP contribution is -2.36. The molecule has 1 aliphatic rings. The molecule has 5 nitrogen and oxygen atoms in total. The molecule has 0 unspecified atom stereocenters. The van der Waals surface area contributed by atoms with Crippen LogP contribution in [0.15, 0.2) is 48.5 Å². The van der Waals surface area contributed by atoms with Gasteiger partial charge in [0, 0.05) is 48.7 Å². The molecule has 1 fully saturated rings. The zero-order valence-electron chi connectivity index (χ0n) is 15.1. The van der Waals surface area contributed by atoms with Crippen LogP contribution in [0.1, 0.15) is 28.8 Å². The second kappa shape index (κ2) is 9.53. The average molecular weight is 387 g/mol. The number of hydrogen-bond acceptors (Lipinski definition) is 4. The number of anilines is 1. The summed E-state index contributed by atoms with van der Waals surface area (Å²) < 4.78 is 5.36. The molecule has 0 spiro atoms. The van der Waals surface area contributed by atoms with Crippen molar-refractivity contribution in [1.82, 2.24) is 5.32 Å². The molecule has 1 amide bonds. The number of rotatable bonds is 7. The van der Waals surface area contributed by atoms with Crippen LogP contribution in [-0.4, -0.2) is 38.0 Å². The largest absolute Gasteiger partial charge is 0.378 e. The molecule has 27 heavy (non-hydrogen) atoms. The number of amides is 1. The highest BCUT2D eigenvalue weighted by Gasteiger charge is 2.11. The predicted octanol–water partition coefficient (Wildman–Crippen LogP) is 3.46. The summed E-state index contributed by atoms with van der Waals surface area (Å²) in [6.07, 6.45) is 0.358. The average Bonchev–Trinajstić information content (AvgIpc) is 2.72. The Hall–Kier alpha value is -2.37. The minimum atomic E-state index is -0.130. The van der Waals surface area contributed by atoms with Crippen LogP contribution in [0.2, 0.25) is 5.02 Å². The minimum Gasteiger partial charge on any atom is -0.378 e. The summed E-state index contributed by atoms with van der Waals surface area (Å²) in [6, 6.07) is 14.9. The summed E-state index contributed by atoms with van der Waals surface area (Å²) in [5.74, 6) is -0.189. The Morgan fingerprint density at radius 2 is 1.63 bits per heavy atom. The zero-order valence-corrected chi connectivity index (χ0v) is 15.9. The topological polar surface area (TPSA) is 58.6 Å². The molecule has 0 aromatic heterocycles. The number of ketones is 1. The van der Waals surface area contributed by atoms with Gasteiger partial charge in [-0.25, -0.2) is 0 Å². The van der Waals surface area contributed by atoms with E-state index in [1.807, 2.05) is 12.1 Å². The summed E-state index contributed by atoms with van der Waals surface area (Å²) >= 11 is 5.81. The Balaban J connectivity index is 1.42. The fourth-order valence-electron chi connectivity index (χ4n) is 2.94. The van der Waals surface area contributed by atoms with Gasteiger partial charge in [0.25, 0.3) is 0 Å². The van der Waals surface area contributed by atoms with Crippen molar-refractivity contribution < 1.29 is 14.3 Å². The minimum absolute atomic E-state index is 0.0586. The molecule has 1 N–H and O–H groups in total. The van der Waals surface area contributed by atoms with Crippen LogP contribution in [0.4, 0.5) is 5.69 Å².